The summed E-state index contributed by atoms with van der Waals surface area (Å²) < 4.78 is 31.2. The van der Waals surface area contributed by atoms with Gasteiger partial charge in [-0.15, -0.1) is 0 Å². The van der Waals surface area contributed by atoms with Gasteiger partial charge >= 0.3 is 0 Å². The number of hydrogen-bond donors (Lipinski definition) is 1. The maximum absolute atomic E-state index is 12.8. The number of benzene rings is 3. The van der Waals surface area contributed by atoms with Crippen LogP contribution >= 0.6 is 0 Å². The molecular weight excluding hydrogens is 446 g/mol. The molecule has 0 saturated heterocycles. The maximum Gasteiger partial charge on any atom is 0.297 e. The van der Waals surface area contributed by atoms with Crippen molar-refractivity contribution in [3.63, 3.8) is 0 Å². The van der Waals surface area contributed by atoms with E-state index < -0.39 is 22.3 Å². The third-order valence-corrected chi connectivity index (χ3v) is 7.83. The molecule has 1 fully saturated rings. The van der Waals surface area contributed by atoms with Gasteiger partial charge in [0.05, 0.1) is 11.0 Å². The molecule has 0 aliphatic heterocycles. The Morgan fingerprint density at radius 3 is 1.97 bits per heavy atom. The highest BCUT2D eigenvalue weighted by atomic mass is 32.2. The van der Waals surface area contributed by atoms with Gasteiger partial charge in [-0.05, 0) is 43.0 Å². The molecule has 0 amide bonds. The topological polar surface area (TPSA) is 66.8 Å². The van der Waals surface area contributed by atoms with Gasteiger partial charge in [0.15, 0.2) is 0 Å². The second-order valence-electron chi connectivity index (χ2n) is 9.22. The van der Waals surface area contributed by atoms with Gasteiger partial charge in [-0.25, -0.2) is 0 Å². The average molecular weight is 480 g/mol. The van der Waals surface area contributed by atoms with Crippen molar-refractivity contribution >= 4 is 10.1 Å². The van der Waals surface area contributed by atoms with E-state index in [4.69, 9.17) is 4.18 Å². The molecule has 5 nitrogen and oxygen atoms in total. The molecule has 1 saturated carbocycles. The normalized spacial score (nSPS) is 21.0. The standard InChI is InChI=1S/C28H33NO4S/c1-22-15-17-26(18-16-22)34(31,32)33-27-14-8-13-25(28(27)30)21-29(19-23-9-4-2-5-10-23)20-24-11-6-3-7-12-24/h2-7,9-12,15-18,25,27-28,30H,8,13-14,19-21H2,1H3/t25-,27-,28-/m0/s1. The van der Waals surface area contributed by atoms with Crippen molar-refractivity contribution in [2.24, 2.45) is 5.92 Å². The van der Waals surface area contributed by atoms with E-state index >= 15 is 0 Å². The highest BCUT2D eigenvalue weighted by Gasteiger charge is 2.36. The Morgan fingerprint density at radius 2 is 1.41 bits per heavy atom. The van der Waals surface area contributed by atoms with Crippen molar-refractivity contribution < 1.29 is 17.7 Å². The average Bonchev–Trinajstić information content (AvgIpc) is 2.83. The number of rotatable bonds is 9. The fourth-order valence-corrected chi connectivity index (χ4v) is 5.77. The fraction of sp³-hybridized carbons (Fsp3) is 0.357. The fourth-order valence-electron chi connectivity index (χ4n) is 4.65. The smallest absolute Gasteiger partial charge is 0.297 e. The predicted molar refractivity (Wildman–Crippen MR) is 134 cm³/mol. The molecule has 0 heterocycles. The molecule has 0 spiro atoms. The maximum atomic E-state index is 12.8. The van der Waals surface area contributed by atoms with E-state index in [0.29, 0.717) is 13.0 Å². The Bertz CT molecular complexity index is 1090. The van der Waals surface area contributed by atoms with Crippen molar-refractivity contribution in [1.29, 1.82) is 0 Å². The Labute approximate surface area is 203 Å². The van der Waals surface area contributed by atoms with Crippen LogP contribution in [0.15, 0.2) is 89.8 Å². The summed E-state index contributed by atoms with van der Waals surface area (Å²) >= 11 is 0. The van der Waals surface area contributed by atoms with Crippen molar-refractivity contribution in [3.8, 4) is 0 Å². The van der Waals surface area contributed by atoms with Gasteiger partial charge in [0, 0.05) is 25.6 Å². The van der Waals surface area contributed by atoms with Gasteiger partial charge in [0.2, 0.25) is 0 Å². The first kappa shape index (κ1) is 24.6. The first-order chi connectivity index (χ1) is 16.4. The molecule has 3 atom stereocenters. The summed E-state index contributed by atoms with van der Waals surface area (Å²) in [6.07, 6.45) is 0.606. The van der Waals surface area contributed by atoms with Crippen molar-refractivity contribution in [3.05, 3.63) is 102 Å². The zero-order valence-electron chi connectivity index (χ0n) is 19.6. The monoisotopic (exact) mass is 479 g/mol. The Morgan fingerprint density at radius 1 is 0.853 bits per heavy atom. The predicted octanol–water partition coefficient (Wildman–Crippen LogP) is 4.93. The van der Waals surface area contributed by atoms with Gasteiger partial charge in [0.25, 0.3) is 10.1 Å². The largest absolute Gasteiger partial charge is 0.390 e. The zero-order valence-corrected chi connectivity index (χ0v) is 20.4. The van der Waals surface area contributed by atoms with E-state index in [9.17, 15) is 13.5 Å². The lowest BCUT2D eigenvalue weighted by Crippen LogP contribution is -2.45. The summed E-state index contributed by atoms with van der Waals surface area (Å²) in [5.74, 6) is -0.0700. The van der Waals surface area contributed by atoms with E-state index in [0.717, 1.165) is 31.5 Å². The van der Waals surface area contributed by atoms with E-state index in [2.05, 4.69) is 29.2 Å². The molecule has 3 aromatic rings. The van der Waals surface area contributed by atoms with E-state index in [1.54, 1.807) is 24.3 Å². The van der Waals surface area contributed by atoms with Crippen LogP contribution in [0, 0.1) is 12.8 Å². The molecule has 180 valence electrons. The molecule has 0 unspecified atom stereocenters. The molecular formula is C28H33NO4S. The minimum atomic E-state index is -3.93. The van der Waals surface area contributed by atoms with Gasteiger partial charge in [-0.3, -0.25) is 9.08 Å². The molecule has 0 bridgehead atoms. The molecule has 1 N–H and O–H groups in total. The lowest BCUT2D eigenvalue weighted by Gasteiger charge is -2.37. The van der Waals surface area contributed by atoms with Crippen LogP contribution in [0.25, 0.3) is 0 Å². The van der Waals surface area contributed by atoms with Crippen LogP contribution in [-0.2, 0) is 27.4 Å². The summed E-state index contributed by atoms with van der Waals surface area (Å²) in [5.41, 5.74) is 3.39. The zero-order chi connectivity index (χ0) is 24.0. The molecule has 34 heavy (non-hydrogen) atoms. The summed E-state index contributed by atoms with van der Waals surface area (Å²) in [6, 6.07) is 27.2. The van der Waals surface area contributed by atoms with Crippen LogP contribution in [0.4, 0.5) is 0 Å². The number of nitrogens with zero attached hydrogens (tertiary/aromatic N) is 1. The minimum Gasteiger partial charge on any atom is -0.390 e. The molecule has 1 aliphatic rings. The highest BCUT2D eigenvalue weighted by molar-refractivity contribution is 7.86. The molecule has 6 heteroatoms. The van der Waals surface area contributed by atoms with Crippen molar-refractivity contribution in [2.45, 2.75) is 56.4 Å². The highest BCUT2D eigenvalue weighted by Crippen LogP contribution is 2.31. The Hall–Kier alpha value is -2.51. The Kier molecular flexibility index (Phi) is 8.16. The SMILES string of the molecule is Cc1ccc(S(=O)(=O)O[C@H]2CCC[C@@H](CN(Cc3ccccc3)Cc3ccccc3)[C@@H]2O)cc1. The van der Waals surface area contributed by atoms with Gasteiger partial charge < -0.3 is 5.11 Å². The van der Waals surface area contributed by atoms with E-state index in [-0.39, 0.29) is 10.8 Å². The van der Waals surface area contributed by atoms with Crippen LogP contribution < -0.4 is 0 Å². The lowest BCUT2D eigenvalue weighted by molar-refractivity contribution is -0.0395. The second kappa shape index (κ2) is 11.3. The molecule has 4 rings (SSSR count). The summed E-state index contributed by atoms with van der Waals surface area (Å²) in [7, 11) is -3.93. The number of aryl methyl sites for hydroxylation is 1. The van der Waals surface area contributed by atoms with Crippen LogP contribution in [0.3, 0.4) is 0 Å². The number of aliphatic hydroxyl groups excluding tert-OH is 1. The third-order valence-electron chi connectivity index (χ3n) is 6.48. The second-order valence-corrected chi connectivity index (χ2v) is 10.8. The third kappa shape index (κ3) is 6.54. The van der Waals surface area contributed by atoms with E-state index in [1.165, 1.54) is 11.1 Å². The Balaban J connectivity index is 1.46. The quantitative estimate of drug-likeness (QED) is 0.441. The van der Waals surface area contributed by atoms with Crippen LogP contribution in [0.5, 0.6) is 0 Å². The van der Waals surface area contributed by atoms with Crippen molar-refractivity contribution in [2.75, 3.05) is 6.54 Å². The summed E-state index contributed by atoms with van der Waals surface area (Å²) in [6.45, 7) is 4.08. The van der Waals surface area contributed by atoms with Crippen LogP contribution in [0.2, 0.25) is 0 Å². The number of hydrogen-bond acceptors (Lipinski definition) is 5. The van der Waals surface area contributed by atoms with Gasteiger partial charge in [-0.2, -0.15) is 8.42 Å². The minimum absolute atomic E-state index is 0.0700. The van der Waals surface area contributed by atoms with Gasteiger partial charge in [0.1, 0.15) is 6.10 Å². The summed E-state index contributed by atoms with van der Waals surface area (Å²) in [4.78, 5) is 2.46. The molecule has 0 aromatic heterocycles. The summed E-state index contributed by atoms with van der Waals surface area (Å²) in [5, 5.41) is 11.1. The molecule has 0 radical (unpaired) electrons. The molecule has 3 aromatic carbocycles. The van der Waals surface area contributed by atoms with Crippen LogP contribution in [-0.4, -0.2) is 37.2 Å². The van der Waals surface area contributed by atoms with E-state index in [1.807, 2.05) is 43.3 Å². The number of aliphatic hydroxyl groups is 1. The van der Waals surface area contributed by atoms with Crippen molar-refractivity contribution in [1.82, 2.24) is 4.90 Å². The van der Waals surface area contributed by atoms with Crippen LogP contribution in [0.1, 0.15) is 36.0 Å². The molecule has 1 aliphatic carbocycles. The lowest BCUT2D eigenvalue weighted by atomic mass is 9.84. The first-order valence-corrected chi connectivity index (χ1v) is 13.3. The first-order valence-electron chi connectivity index (χ1n) is 11.9. The van der Waals surface area contributed by atoms with Gasteiger partial charge in [-0.1, -0.05) is 84.8 Å².